The topological polar surface area (TPSA) is 70.0 Å². The van der Waals surface area contributed by atoms with Gasteiger partial charge in [0.15, 0.2) is 0 Å². The third-order valence-electron chi connectivity index (χ3n) is 4.67. The zero-order valence-corrected chi connectivity index (χ0v) is 12.3. The number of nitrogens with zero attached hydrogens (tertiary/aromatic N) is 1. The summed E-state index contributed by atoms with van der Waals surface area (Å²) in [5, 5.41) is 8.90. The molecule has 0 aromatic heterocycles. The first-order valence-corrected chi connectivity index (χ1v) is 8.51. The van der Waals surface area contributed by atoms with Gasteiger partial charge in [0.25, 0.3) is 0 Å². The third kappa shape index (κ3) is 2.34. The second-order valence-electron chi connectivity index (χ2n) is 5.99. The fourth-order valence-corrected chi connectivity index (χ4v) is 4.99. The van der Waals surface area contributed by atoms with Crippen molar-refractivity contribution in [1.82, 2.24) is 4.72 Å². The minimum absolute atomic E-state index is 0.0923. The molecular weight excluding hydrogens is 272 g/mol. The van der Waals surface area contributed by atoms with Crippen molar-refractivity contribution in [3.63, 3.8) is 0 Å². The lowest BCUT2D eigenvalue weighted by molar-refractivity contribution is 0.390. The molecule has 0 amide bonds. The predicted octanol–water partition coefficient (Wildman–Crippen LogP) is 2.33. The average Bonchev–Trinajstić information content (AvgIpc) is 3.00. The summed E-state index contributed by atoms with van der Waals surface area (Å²) in [5.74, 6) is 1.21. The highest BCUT2D eigenvalue weighted by Gasteiger charge is 2.41. The Labute approximate surface area is 119 Å². The maximum atomic E-state index is 12.4. The molecule has 0 aliphatic heterocycles. The fourth-order valence-electron chi connectivity index (χ4n) is 3.59. The summed E-state index contributed by atoms with van der Waals surface area (Å²) in [6.07, 6.45) is 4.53. The number of sulfonamides is 1. The highest BCUT2D eigenvalue weighted by Crippen LogP contribution is 2.44. The Morgan fingerprint density at radius 3 is 2.65 bits per heavy atom. The van der Waals surface area contributed by atoms with Crippen LogP contribution in [-0.2, 0) is 10.0 Å². The molecule has 4 nitrogen and oxygen atoms in total. The van der Waals surface area contributed by atoms with E-state index in [-0.39, 0.29) is 10.9 Å². The van der Waals surface area contributed by atoms with E-state index in [9.17, 15) is 8.42 Å². The van der Waals surface area contributed by atoms with E-state index >= 15 is 0 Å². The third-order valence-corrected chi connectivity index (χ3v) is 6.16. The van der Waals surface area contributed by atoms with Crippen LogP contribution >= 0.6 is 0 Å². The van der Waals surface area contributed by atoms with E-state index < -0.39 is 10.0 Å². The van der Waals surface area contributed by atoms with Crippen molar-refractivity contribution in [2.24, 2.45) is 11.8 Å². The van der Waals surface area contributed by atoms with E-state index in [1.165, 1.54) is 18.9 Å². The van der Waals surface area contributed by atoms with Crippen LogP contribution in [0.25, 0.3) is 0 Å². The molecule has 0 saturated heterocycles. The number of hydrogen-bond acceptors (Lipinski definition) is 3. The second-order valence-corrected chi connectivity index (χ2v) is 7.71. The van der Waals surface area contributed by atoms with Crippen molar-refractivity contribution < 1.29 is 8.42 Å². The zero-order valence-electron chi connectivity index (χ0n) is 11.5. The summed E-state index contributed by atoms with van der Waals surface area (Å²) >= 11 is 0. The summed E-state index contributed by atoms with van der Waals surface area (Å²) < 4.78 is 27.7. The zero-order chi connectivity index (χ0) is 14.3. The Morgan fingerprint density at radius 2 is 2.10 bits per heavy atom. The maximum absolute atomic E-state index is 12.4. The first-order valence-electron chi connectivity index (χ1n) is 7.02. The molecule has 5 heteroatoms. The van der Waals surface area contributed by atoms with Gasteiger partial charge in [0.05, 0.1) is 16.5 Å². The molecule has 0 spiro atoms. The van der Waals surface area contributed by atoms with Crippen molar-refractivity contribution >= 4 is 10.0 Å². The standard InChI is InChI=1S/C15H18N2O2S/c1-10-6-14(5-4-13(10)9-16)20(18,19)17-15-8-11-2-3-12(15)7-11/h4-6,11-12,15,17H,2-3,7-8H2,1H3. The van der Waals surface area contributed by atoms with E-state index in [1.807, 2.05) is 0 Å². The Hall–Kier alpha value is -1.38. The van der Waals surface area contributed by atoms with Gasteiger partial charge >= 0.3 is 0 Å². The van der Waals surface area contributed by atoms with E-state index in [0.29, 0.717) is 23.0 Å². The minimum Gasteiger partial charge on any atom is -0.208 e. The van der Waals surface area contributed by atoms with Gasteiger partial charge in [0.1, 0.15) is 0 Å². The molecule has 0 heterocycles. The quantitative estimate of drug-likeness (QED) is 0.928. The van der Waals surface area contributed by atoms with Gasteiger partial charge < -0.3 is 0 Å². The second kappa shape index (κ2) is 4.87. The van der Waals surface area contributed by atoms with Crippen LogP contribution in [0.1, 0.15) is 36.8 Å². The Bertz CT molecular complexity index is 676. The van der Waals surface area contributed by atoms with Gasteiger partial charge in [-0.1, -0.05) is 6.42 Å². The molecule has 3 unspecified atom stereocenters. The lowest BCUT2D eigenvalue weighted by atomic mass is 9.96. The van der Waals surface area contributed by atoms with Crippen molar-refractivity contribution in [3.8, 4) is 6.07 Å². The summed E-state index contributed by atoms with van der Waals surface area (Å²) in [6.45, 7) is 1.76. The van der Waals surface area contributed by atoms with Crippen LogP contribution in [-0.4, -0.2) is 14.5 Å². The molecule has 2 aliphatic carbocycles. The van der Waals surface area contributed by atoms with Gasteiger partial charge in [-0.05, 0) is 61.8 Å². The number of hydrogen-bond donors (Lipinski definition) is 1. The van der Waals surface area contributed by atoms with Crippen molar-refractivity contribution in [2.75, 3.05) is 0 Å². The largest absolute Gasteiger partial charge is 0.240 e. The molecule has 2 saturated carbocycles. The number of aryl methyl sites for hydroxylation is 1. The van der Waals surface area contributed by atoms with Crippen LogP contribution in [0.5, 0.6) is 0 Å². The van der Waals surface area contributed by atoms with Crippen LogP contribution in [0, 0.1) is 30.1 Å². The molecule has 2 bridgehead atoms. The molecule has 1 N–H and O–H groups in total. The smallest absolute Gasteiger partial charge is 0.208 e. The lowest BCUT2D eigenvalue weighted by Gasteiger charge is -2.22. The molecule has 0 radical (unpaired) electrons. The van der Waals surface area contributed by atoms with Crippen molar-refractivity contribution in [3.05, 3.63) is 29.3 Å². The van der Waals surface area contributed by atoms with Crippen molar-refractivity contribution in [1.29, 1.82) is 5.26 Å². The van der Waals surface area contributed by atoms with Crippen LogP contribution in [0.3, 0.4) is 0 Å². The molecule has 106 valence electrons. The molecule has 1 aromatic carbocycles. The molecule has 3 atom stereocenters. The molecular formula is C15H18N2O2S. The molecule has 2 fully saturated rings. The minimum atomic E-state index is -3.47. The van der Waals surface area contributed by atoms with E-state index in [0.717, 1.165) is 12.8 Å². The molecule has 1 aromatic rings. The number of benzene rings is 1. The van der Waals surface area contributed by atoms with E-state index in [4.69, 9.17) is 5.26 Å². The van der Waals surface area contributed by atoms with Crippen LogP contribution in [0.4, 0.5) is 0 Å². The molecule has 20 heavy (non-hydrogen) atoms. The normalized spacial score (nSPS) is 28.5. The Morgan fingerprint density at radius 1 is 1.30 bits per heavy atom. The van der Waals surface area contributed by atoms with Crippen molar-refractivity contribution in [2.45, 2.75) is 43.5 Å². The number of nitrogens with one attached hydrogen (secondary N) is 1. The first kappa shape index (κ1) is 13.6. The fraction of sp³-hybridized carbons (Fsp3) is 0.533. The average molecular weight is 290 g/mol. The lowest BCUT2D eigenvalue weighted by Crippen LogP contribution is -2.38. The number of nitriles is 1. The Balaban J connectivity index is 1.82. The van der Waals surface area contributed by atoms with Crippen LogP contribution < -0.4 is 4.72 Å². The SMILES string of the molecule is Cc1cc(S(=O)(=O)NC2CC3CCC2C3)ccc1C#N. The Kier molecular flexibility index (Phi) is 3.31. The van der Waals surface area contributed by atoms with Gasteiger partial charge in [-0.3, -0.25) is 0 Å². The molecule has 2 aliphatic rings. The van der Waals surface area contributed by atoms with Crippen LogP contribution in [0.15, 0.2) is 23.1 Å². The van der Waals surface area contributed by atoms with E-state index in [1.54, 1.807) is 19.1 Å². The monoisotopic (exact) mass is 290 g/mol. The van der Waals surface area contributed by atoms with Gasteiger partial charge in [0, 0.05) is 6.04 Å². The summed E-state index contributed by atoms with van der Waals surface area (Å²) in [4.78, 5) is 0.261. The number of fused-ring (bicyclic) bond motifs is 2. The van der Waals surface area contributed by atoms with Gasteiger partial charge in [-0.2, -0.15) is 5.26 Å². The van der Waals surface area contributed by atoms with Gasteiger partial charge in [-0.25, -0.2) is 13.1 Å². The summed E-state index contributed by atoms with van der Waals surface area (Å²) in [5.41, 5.74) is 1.21. The highest BCUT2D eigenvalue weighted by atomic mass is 32.2. The van der Waals surface area contributed by atoms with E-state index in [2.05, 4.69) is 10.8 Å². The predicted molar refractivity (Wildman–Crippen MR) is 75.5 cm³/mol. The number of rotatable bonds is 3. The maximum Gasteiger partial charge on any atom is 0.240 e. The molecule has 3 rings (SSSR count). The first-order chi connectivity index (χ1) is 9.49. The summed E-state index contributed by atoms with van der Waals surface area (Å²) in [6, 6.07) is 6.81. The summed E-state index contributed by atoms with van der Waals surface area (Å²) in [7, 11) is -3.47. The highest BCUT2D eigenvalue weighted by molar-refractivity contribution is 7.89. The van der Waals surface area contributed by atoms with Gasteiger partial charge in [0.2, 0.25) is 10.0 Å². The van der Waals surface area contributed by atoms with Gasteiger partial charge in [-0.15, -0.1) is 0 Å². The van der Waals surface area contributed by atoms with Crippen LogP contribution in [0.2, 0.25) is 0 Å².